The molecule has 1 fully saturated rings. The molecule has 3 rings (SSSR count). The number of hydrogen-bond acceptors (Lipinski definition) is 5. The normalized spacial score (nSPS) is 15.4. The van der Waals surface area contributed by atoms with Gasteiger partial charge in [-0.15, -0.1) is 0 Å². The first kappa shape index (κ1) is 20.7. The molecule has 2 aromatic carbocycles. The molecule has 1 atom stereocenters. The fourth-order valence-electron chi connectivity index (χ4n) is 3.22. The molecular weight excluding hydrogens is 368 g/mol. The number of amides is 1. The number of benzene rings is 2. The largest absolute Gasteiger partial charge is 0.479 e. The molecule has 6 nitrogen and oxygen atoms in total. The van der Waals surface area contributed by atoms with E-state index in [0.717, 1.165) is 24.7 Å². The molecule has 29 heavy (non-hydrogen) atoms. The van der Waals surface area contributed by atoms with Gasteiger partial charge in [0, 0.05) is 24.5 Å². The Labute approximate surface area is 171 Å². The van der Waals surface area contributed by atoms with Crippen molar-refractivity contribution in [2.45, 2.75) is 32.8 Å². The molecule has 1 aliphatic rings. The number of anilines is 2. The van der Waals surface area contributed by atoms with Gasteiger partial charge in [0.15, 0.2) is 12.7 Å². The fourth-order valence-corrected chi connectivity index (χ4v) is 3.22. The fraction of sp³-hybridized carbons (Fsp3) is 0.391. The molecule has 1 heterocycles. The summed E-state index contributed by atoms with van der Waals surface area (Å²) >= 11 is 0. The number of nitrogens with zero attached hydrogens (tertiary/aromatic N) is 1. The molecule has 0 aliphatic carbocycles. The van der Waals surface area contributed by atoms with E-state index in [0.29, 0.717) is 11.4 Å². The van der Waals surface area contributed by atoms with Gasteiger partial charge >= 0.3 is 5.97 Å². The summed E-state index contributed by atoms with van der Waals surface area (Å²) in [4.78, 5) is 26.5. The number of nitrogens with one attached hydrogen (secondary N) is 1. The lowest BCUT2D eigenvalue weighted by Crippen LogP contribution is -2.32. The summed E-state index contributed by atoms with van der Waals surface area (Å²) in [6.07, 6.45) is 1.61. The van der Waals surface area contributed by atoms with Crippen molar-refractivity contribution in [1.29, 1.82) is 0 Å². The second-order valence-electron chi connectivity index (χ2n) is 7.45. The summed E-state index contributed by atoms with van der Waals surface area (Å²) in [6.45, 7) is 5.65. The molecule has 154 valence electrons. The number of esters is 1. The Morgan fingerprint density at radius 3 is 2.38 bits per heavy atom. The van der Waals surface area contributed by atoms with Crippen LogP contribution in [-0.2, 0) is 14.3 Å². The first-order valence-corrected chi connectivity index (χ1v) is 10.0. The topological polar surface area (TPSA) is 67.9 Å². The Balaban J connectivity index is 1.42. The minimum Gasteiger partial charge on any atom is -0.479 e. The summed E-state index contributed by atoms with van der Waals surface area (Å²) in [5, 5.41) is 2.75. The van der Waals surface area contributed by atoms with Crippen LogP contribution >= 0.6 is 0 Å². The Kier molecular flexibility index (Phi) is 7.11. The van der Waals surface area contributed by atoms with Gasteiger partial charge in [-0.25, -0.2) is 4.79 Å². The van der Waals surface area contributed by atoms with Crippen molar-refractivity contribution in [3.63, 3.8) is 0 Å². The SMILES string of the molecule is CC1CCN(c2ccc(NC(=O)COC(=O)[C@H](C)Oc3ccccc3)cc2)CC1. The van der Waals surface area contributed by atoms with Crippen molar-refractivity contribution in [3.05, 3.63) is 54.6 Å². The maximum absolute atomic E-state index is 12.1. The smallest absolute Gasteiger partial charge is 0.347 e. The van der Waals surface area contributed by atoms with E-state index in [1.807, 2.05) is 42.5 Å². The molecule has 1 N–H and O–H groups in total. The van der Waals surface area contributed by atoms with Gasteiger partial charge in [-0.2, -0.15) is 0 Å². The van der Waals surface area contributed by atoms with Crippen molar-refractivity contribution < 1.29 is 19.1 Å². The van der Waals surface area contributed by atoms with Gasteiger partial charge < -0.3 is 19.7 Å². The third-order valence-corrected chi connectivity index (χ3v) is 5.03. The predicted molar refractivity (Wildman–Crippen MR) is 113 cm³/mol. The van der Waals surface area contributed by atoms with Crippen LogP contribution in [0, 0.1) is 5.92 Å². The third kappa shape index (κ3) is 6.24. The summed E-state index contributed by atoms with van der Waals surface area (Å²) in [5.74, 6) is 0.390. The standard InChI is InChI=1S/C23H28N2O4/c1-17-12-14-25(15-13-17)20-10-8-19(9-11-20)24-22(26)16-28-23(27)18(2)29-21-6-4-3-5-7-21/h3-11,17-18H,12-16H2,1-2H3,(H,24,26)/t18-/m0/s1. The van der Waals surface area contributed by atoms with E-state index in [4.69, 9.17) is 9.47 Å². The van der Waals surface area contributed by atoms with Crippen molar-refractivity contribution >= 4 is 23.3 Å². The molecule has 0 bridgehead atoms. The molecule has 1 amide bonds. The van der Waals surface area contributed by atoms with Gasteiger partial charge in [0.2, 0.25) is 0 Å². The Bertz CT molecular complexity index is 799. The van der Waals surface area contributed by atoms with Gasteiger partial charge in [-0.1, -0.05) is 25.1 Å². The van der Waals surface area contributed by atoms with Gasteiger partial charge in [-0.05, 0) is 62.1 Å². The molecule has 0 aromatic heterocycles. The Morgan fingerprint density at radius 1 is 1.07 bits per heavy atom. The number of carbonyl (C=O) groups is 2. The van der Waals surface area contributed by atoms with Crippen LogP contribution in [0.1, 0.15) is 26.7 Å². The van der Waals surface area contributed by atoms with Crippen LogP contribution in [0.25, 0.3) is 0 Å². The van der Waals surface area contributed by atoms with Gasteiger partial charge in [0.05, 0.1) is 0 Å². The summed E-state index contributed by atoms with van der Waals surface area (Å²) in [6, 6.07) is 16.8. The van der Waals surface area contributed by atoms with E-state index in [9.17, 15) is 9.59 Å². The highest BCUT2D eigenvalue weighted by Gasteiger charge is 2.18. The zero-order valence-corrected chi connectivity index (χ0v) is 17.0. The van der Waals surface area contributed by atoms with Crippen LogP contribution < -0.4 is 15.0 Å². The Morgan fingerprint density at radius 2 is 1.72 bits per heavy atom. The number of carbonyl (C=O) groups excluding carboxylic acids is 2. The van der Waals surface area contributed by atoms with E-state index < -0.39 is 12.1 Å². The lowest BCUT2D eigenvalue weighted by atomic mass is 9.99. The average molecular weight is 396 g/mol. The van der Waals surface area contributed by atoms with E-state index in [1.54, 1.807) is 19.1 Å². The molecule has 2 aromatic rings. The summed E-state index contributed by atoms with van der Waals surface area (Å²) < 4.78 is 10.5. The lowest BCUT2D eigenvalue weighted by Gasteiger charge is -2.32. The summed E-state index contributed by atoms with van der Waals surface area (Å²) in [7, 11) is 0. The lowest BCUT2D eigenvalue weighted by molar-refractivity contribution is -0.153. The van der Waals surface area contributed by atoms with E-state index in [2.05, 4.69) is 17.1 Å². The van der Waals surface area contributed by atoms with Crippen LogP contribution in [-0.4, -0.2) is 37.7 Å². The molecule has 0 radical (unpaired) electrons. The number of hydrogen-bond donors (Lipinski definition) is 1. The molecule has 0 spiro atoms. The molecule has 1 aliphatic heterocycles. The highest BCUT2D eigenvalue weighted by atomic mass is 16.6. The second kappa shape index (κ2) is 9.96. The van der Waals surface area contributed by atoms with Gasteiger partial charge in [0.25, 0.3) is 5.91 Å². The molecule has 0 saturated carbocycles. The molecule has 6 heteroatoms. The van der Waals surface area contributed by atoms with E-state index in [1.165, 1.54) is 12.8 Å². The number of para-hydroxylation sites is 1. The maximum atomic E-state index is 12.1. The third-order valence-electron chi connectivity index (χ3n) is 5.03. The van der Waals surface area contributed by atoms with Crippen LogP contribution in [0.4, 0.5) is 11.4 Å². The van der Waals surface area contributed by atoms with Crippen LogP contribution in [0.2, 0.25) is 0 Å². The first-order valence-electron chi connectivity index (χ1n) is 10.0. The van der Waals surface area contributed by atoms with Crippen molar-refractivity contribution in [2.75, 3.05) is 29.9 Å². The average Bonchev–Trinajstić information content (AvgIpc) is 2.74. The Hall–Kier alpha value is -3.02. The number of piperidine rings is 1. The van der Waals surface area contributed by atoms with Crippen LogP contribution in [0.5, 0.6) is 5.75 Å². The second-order valence-corrected chi connectivity index (χ2v) is 7.45. The zero-order valence-electron chi connectivity index (χ0n) is 17.0. The van der Waals surface area contributed by atoms with Crippen molar-refractivity contribution in [3.8, 4) is 5.75 Å². The number of ether oxygens (including phenoxy) is 2. The van der Waals surface area contributed by atoms with E-state index >= 15 is 0 Å². The predicted octanol–water partition coefficient (Wildman–Crippen LogP) is 3.87. The van der Waals surface area contributed by atoms with Crippen LogP contribution in [0.15, 0.2) is 54.6 Å². The molecular formula is C23H28N2O4. The highest BCUT2D eigenvalue weighted by molar-refractivity contribution is 5.93. The zero-order chi connectivity index (χ0) is 20.6. The summed E-state index contributed by atoms with van der Waals surface area (Å²) in [5.41, 5.74) is 1.84. The van der Waals surface area contributed by atoms with Gasteiger partial charge in [0.1, 0.15) is 5.75 Å². The van der Waals surface area contributed by atoms with Crippen molar-refractivity contribution in [1.82, 2.24) is 0 Å². The minimum absolute atomic E-state index is 0.354. The first-order chi connectivity index (χ1) is 14.0. The molecule has 1 saturated heterocycles. The quantitative estimate of drug-likeness (QED) is 0.720. The van der Waals surface area contributed by atoms with Crippen molar-refractivity contribution in [2.24, 2.45) is 5.92 Å². The monoisotopic (exact) mass is 396 g/mol. The maximum Gasteiger partial charge on any atom is 0.347 e. The highest BCUT2D eigenvalue weighted by Crippen LogP contribution is 2.24. The number of rotatable bonds is 7. The molecule has 0 unspecified atom stereocenters. The van der Waals surface area contributed by atoms with E-state index in [-0.39, 0.29) is 12.5 Å². The van der Waals surface area contributed by atoms with Crippen LogP contribution in [0.3, 0.4) is 0 Å². The minimum atomic E-state index is -0.795. The van der Waals surface area contributed by atoms with Gasteiger partial charge in [-0.3, -0.25) is 4.79 Å².